The van der Waals surface area contributed by atoms with Crippen LogP contribution in [-0.2, 0) is 25.5 Å². The summed E-state index contributed by atoms with van der Waals surface area (Å²) in [5.41, 5.74) is -1.58. The number of aromatic nitrogens is 1. The fraction of sp³-hybridized carbons (Fsp3) is 0.394. The van der Waals surface area contributed by atoms with Crippen LogP contribution in [0, 0.1) is 5.82 Å². The molecule has 51 heavy (non-hydrogen) atoms. The lowest BCUT2D eigenvalue weighted by molar-refractivity contribution is -0.192. The highest BCUT2D eigenvalue weighted by molar-refractivity contribution is 8.23. The van der Waals surface area contributed by atoms with E-state index in [1.807, 2.05) is 27.3 Å². The lowest BCUT2D eigenvalue weighted by Crippen LogP contribution is -2.80. The zero-order valence-corrected chi connectivity index (χ0v) is 30.4. The Bertz CT molecular complexity index is 2060. The summed E-state index contributed by atoms with van der Waals surface area (Å²) in [6.07, 6.45) is 3.11. The zero-order chi connectivity index (χ0) is 36.2. The number of fused-ring (bicyclic) bond motifs is 2. The second-order valence-electron chi connectivity index (χ2n) is 12.5. The van der Waals surface area contributed by atoms with Crippen LogP contribution in [0.5, 0.6) is 0 Å². The van der Waals surface area contributed by atoms with E-state index in [2.05, 4.69) is 5.32 Å². The summed E-state index contributed by atoms with van der Waals surface area (Å²) in [7, 11) is 1.31. The number of piperazine rings is 1. The van der Waals surface area contributed by atoms with Crippen LogP contribution in [0.15, 0.2) is 51.9 Å². The quantitative estimate of drug-likeness (QED) is 0.157. The molecular formula is C33H32FN5O8S4. The van der Waals surface area contributed by atoms with Gasteiger partial charge in [-0.2, -0.15) is 0 Å². The average molecular weight is 774 g/mol. The number of nitrogens with one attached hydrogen (secondary N) is 1. The molecule has 3 fully saturated rings. The van der Waals surface area contributed by atoms with Gasteiger partial charge >= 0.3 is 11.9 Å². The smallest absolute Gasteiger partial charge is 0.352 e. The Morgan fingerprint density at radius 1 is 1.14 bits per heavy atom. The predicted octanol–water partition coefficient (Wildman–Crippen LogP) is 3.33. The predicted molar refractivity (Wildman–Crippen MR) is 196 cm³/mol. The number of pyridine rings is 1. The Morgan fingerprint density at radius 3 is 2.51 bits per heavy atom. The van der Waals surface area contributed by atoms with Crippen LogP contribution < -0.4 is 15.6 Å². The number of carbonyl (C=O) groups excluding carboxylic acids is 2. The molecule has 5 heterocycles. The number of rotatable bonds is 10. The Labute approximate surface area is 308 Å². The molecule has 2 aromatic heterocycles. The van der Waals surface area contributed by atoms with Crippen LogP contribution in [0.1, 0.15) is 34.1 Å². The SMILES string of the molecule is COC1(NC(=O)Cc2cccs2)C(=O)N2C(C(=O)O)=C(CSC(=S)N3CCN(c4cc5c(cc4F)c(=O)c(C(=O)O)cn5C4CC4)CC3)CSC21. The van der Waals surface area contributed by atoms with E-state index in [-0.39, 0.29) is 40.6 Å². The summed E-state index contributed by atoms with van der Waals surface area (Å²) < 4.78 is 23.3. The topological polar surface area (TPSA) is 162 Å². The van der Waals surface area contributed by atoms with Gasteiger partial charge in [-0.05, 0) is 42.0 Å². The number of hydrogen-bond donors (Lipinski definition) is 3. The first-order valence-electron chi connectivity index (χ1n) is 16.0. The fourth-order valence-corrected chi connectivity index (χ4v) is 10.2. The molecule has 18 heteroatoms. The molecule has 2 unspecified atom stereocenters. The van der Waals surface area contributed by atoms with Crippen LogP contribution in [-0.4, -0.2) is 109 Å². The summed E-state index contributed by atoms with van der Waals surface area (Å²) in [6, 6.07) is 6.45. The number of ether oxygens (including phenoxy) is 1. The summed E-state index contributed by atoms with van der Waals surface area (Å²) in [5, 5.41) is 23.5. The van der Waals surface area contributed by atoms with Gasteiger partial charge in [0, 0.05) is 67.3 Å². The number of anilines is 1. The number of carbonyl (C=O) groups is 4. The Balaban J connectivity index is 1.00. The number of carboxylic acids is 2. The molecule has 0 radical (unpaired) electrons. The number of hydrogen-bond acceptors (Lipinski definition) is 11. The zero-order valence-electron chi connectivity index (χ0n) is 27.1. The molecule has 13 nitrogen and oxygen atoms in total. The van der Waals surface area contributed by atoms with E-state index in [9.17, 15) is 34.2 Å². The molecule has 4 aliphatic rings. The van der Waals surface area contributed by atoms with E-state index >= 15 is 4.39 Å². The number of nitrogens with zero attached hydrogens (tertiary/aromatic N) is 4. The van der Waals surface area contributed by atoms with E-state index in [1.165, 1.54) is 53.1 Å². The third-order valence-electron chi connectivity index (χ3n) is 9.39. The number of aliphatic carboxylic acids is 1. The summed E-state index contributed by atoms with van der Waals surface area (Å²) in [6.45, 7) is 1.77. The van der Waals surface area contributed by atoms with Crippen LogP contribution in [0.2, 0.25) is 0 Å². The van der Waals surface area contributed by atoms with Crippen molar-refractivity contribution in [1.82, 2.24) is 19.7 Å². The van der Waals surface area contributed by atoms with Gasteiger partial charge in [0.05, 0.1) is 17.6 Å². The second kappa shape index (κ2) is 13.9. The van der Waals surface area contributed by atoms with Crippen molar-refractivity contribution < 1.29 is 38.5 Å². The van der Waals surface area contributed by atoms with Gasteiger partial charge in [0.25, 0.3) is 11.6 Å². The number of methoxy groups -OCH3 is 1. The van der Waals surface area contributed by atoms with E-state index in [0.29, 0.717) is 47.3 Å². The van der Waals surface area contributed by atoms with Crippen molar-refractivity contribution >= 4 is 91.7 Å². The molecule has 1 saturated carbocycles. The van der Waals surface area contributed by atoms with Gasteiger partial charge in [0.2, 0.25) is 11.3 Å². The minimum absolute atomic E-state index is 0.0354. The number of halogens is 1. The fourth-order valence-electron chi connectivity index (χ4n) is 6.66. The van der Waals surface area contributed by atoms with E-state index in [0.717, 1.165) is 23.8 Å². The molecule has 3 aromatic rings. The Kier molecular flexibility index (Phi) is 9.64. The highest BCUT2D eigenvalue weighted by Gasteiger charge is 2.66. The molecule has 1 aromatic carbocycles. The van der Waals surface area contributed by atoms with Crippen molar-refractivity contribution in [2.75, 3.05) is 49.7 Å². The first-order chi connectivity index (χ1) is 24.4. The molecule has 0 bridgehead atoms. The molecule has 2 saturated heterocycles. The van der Waals surface area contributed by atoms with Crippen LogP contribution in [0.3, 0.4) is 0 Å². The molecule has 2 amide bonds. The Hall–Kier alpha value is -3.97. The third-order valence-corrected chi connectivity index (χ3v) is 13.3. The minimum Gasteiger partial charge on any atom is -0.477 e. The number of thioether (sulfide) groups is 2. The van der Waals surface area contributed by atoms with Crippen molar-refractivity contribution in [3.05, 3.63) is 73.6 Å². The molecule has 268 valence electrons. The summed E-state index contributed by atoms with van der Waals surface area (Å²) in [4.78, 5) is 69.1. The van der Waals surface area contributed by atoms with Gasteiger partial charge in [0.15, 0.2) is 0 Å². The number of β-lactam (4-membered cyclic amide) rings is 1. The number of amides is 2. The standard InChI is InChI=1S/C33H32FN5O8S4/c1-47-33(35-25(40)11-19-3-2-10-49-19)30(46)39-26(29(44)45)17(15-50-31(33)39)16-51-32(48)37-8-6-36(7-9-37)24-13-23-20(12-22(24)34)27(41)21(28(42)43)14-38(23)18-4-5-18/h2-3,10,12-14,18,31H,4-9,11,15-16H2,1H3,(H,35,40)(H,42,43)(H,44,45). The van der Waals surface area contributed by atoms with E-state index < -0.39 is 46.1 Å². The number of carboxylic acid groups (broad SMARTS) is 2. The monoisotopic (exact) mass is 773 g/mol. The number of aromatic carboxylic acids is 1. The highest BCUT2D eigenvalue weighted by atomic mass is 32.2. The minimum atomic E-state index is -1.67. The van der Waals surface area contributed by atoms with Gasteiger partial charge in [-0.1, -0.05) is 30.0 Å². The Morgan fingerprint density at radius 2 is 1.88 bits per heavy atom. The van der Waals surface area contributed by atoms with Crippen LogP contribution in [0.4, 0.5) is 10.1 Å². The molecule has 3 N–H and O–H groups in total. The number of thiocarbonyl (C=S) groups is 1. The summed E-state index contributed by atoms with van der Waals surface area (Å²) >= 11 is 9.72. The maximum atomic E-state index is 15.5. The van der Waals surface area contributed by atoms with Crippen LogP contribution >= 0.6 is 47.1 Å². The lowest BCUT2D eigenvalue weighted by atomic mass is 9.98. The van der Waals surface area contributed by atoms with Crippen molar-refractivity contribution in [1.29, 1.82) is 0 Å². The normalized spacial score (nSPS) is 21.8. The molecule has 0 spiro atoms. The molecule has 3 aliphatic heterocycles. The first-order valence-corrected chi connectivity index (χ1v) is 19.3. The van der Waals surface area contributed by atoms with Crippen molar-refractivity contribution in [2.24, 2.45) is 0 Å². The van der Waals surface area contributed by atoms with Gasteiger partial charge in [-0.25, -0.2) is 14.0 Å². The second-order valence-corrected chi connectivity index (χ2v) is 16.2. The molecule has 1 aliphatic carbocycles. The van der Waals surface area contributed by atoms with Crippen molar-refractivity contribution in [2.45, 2.75) is 36.4 Å². The van der Waals surface area contributed by atoms with Gasteiger partial charge < -0.3 is 34.6 Å². The largest absolute Gasteiger partial charge is 0.477 e. The van der Waals surface area contributed by atoms with Crippen molar-refractivity contribution in [3.8, 4) is 0 Å². The molecule has 7 rings (SSSR count). The van der Waals surface area contributed by atoms with Crippen molar-refractivity contribution in [3.63, 3.8) is 0 Å². The maximum Gasteiger partial charge on any atom is 0.352 e. The van der Waals surface area contributed by atoms with E-state index in [1.54, 1.807) is 10.6 Å². The van der Waals surface area contributed by atoms with E-state index in [4.69, 9.17) is 17.0 Å². The van der Waals surface area contributed by atoms with Gasteiger partial charge in [0.1, 0.15) is 26.8 Å². The van der Waals surface area contributed by atoms with Crippen LogP contribution in [0.25, 0.3) is 10.9 Å². The maximum absolute atomic E-state index is 15.5. The summed E-state index contributed by atoms with van der Waals surface area (Å²) in [5.74, 6) is -3.77. The highest BCUT2D eigenvalue weighted by Crippen LogP contribution is 2.47. The third kappa shape index (κ3) is 6.41. The first kappa shape index (κ1) is 35.4. The number of benzene rings is 1. The average Bonchev–Trinajstić information content (AvgIpc) is 3.83. The lowest BCUT2D eigenvalue weighted by Gasteiger charge is -2.55. The van der Waals surface area contributed by atoms with Gasteiger partial charge in [-0.3, -0.25) is 19.3 Å². The molecular weight excluding hydrogens is 742 g/mol. The van der Waals surface area contributed by atoms with Gasteiger partial charge in [-0.15, -0.1) is 23.1 Å². The molecule has 2 atom stereocenters. The number of thiophene rings is 1.